The molecular formula is C45H28N2O2. The van der Waals surface area contributed by atoms with Gasteiger partial charge in [0.05, 0.1) is 11.1 Å². The van der Waals surface area contributed by atoms with Gasteiger partial charge in [0.25, 0.3) is 0 Å². The molecule has 230 valence electrons. The lowest BCUT2D eigenvalue weighted by atomic mass is 9.95. The molecule has 0 aliphatic rings. The van der Waals surface area contributed by atoms with Crippen LogP contribution in [0.15, 0.2) is 179 Å². The van der Waals surface area contributed by atoms with Crippen molar-refractivity contribution in [3.05, 3.63) is 170 Å². The van der Waals surface area contributed by atoms with Crippen LogP contribution >= 0.6 is 0 Å². The van der Waals surface area contributed by atoms with Crippen molar-refractivity contribution in [3.63, 3.8) is 0 Å². The van der Waals surface area contributed by atoms with E-state index in [1.165, 1.54) is 11.1 Å². The Balaban J connectivity index is 1.26. The second-order valence-corrected chi connectivity index (χ2v) is 12.3. The summed E-state index contributed by atoms with van der Waals surface area (Å²) >= 11 is 0. The number of hydrogen-bond donors (Lipinski definition) is 0. The molecule has 8 aromatic carbocycles. The highest BCUT2D eigenvalue weighted by Gasteiger charge is 2.22. The van der Waals surface area contributed by atoms with Crippen LogP contribution in [0.4, 0.5) is 17.1 Å². The van der Waals surface area contributed by atoms with Gasteiger partial charge < -0.3 is 13.7 Å². The fourth-order valence-electron chi connectivity index (χ4n) is 7.26. The van der Waals surface area contributed by atoms with E-state index in [1.807, 2.05) is 42.5 Å². The van der Waals surface area contributed by atoms with Crippen LogP contribution in [0.1, 0.15) is 0 Å². The van der Waals surface area contributed by atoms with Gasteiger partial charge in [-0.05, 0) is 82.6 Å². The fourth-order valence-corrected chi connectivity index (χ4v) is 7.26. The van der Waals surface area contributed by atoms with E-state index < -0.39 is 0 Å². The summed E-state index contributed by atoms with van der Waals surface area (Å²) in [4.78, 5) is 7.25. The summed E-state index contributed by atoms with van der Waals surface area (Å²) in [5, 5.41) is 6.51. The van der Waals surface area contributed by atoms with Gasteiger partial charge in [-0.2, -0.15) is 0 Å². The van der Waals surface area contributed by atoms with Gasteiger partial charge in [-0.15, -0.1) is 0 Å². The monoisotopic (exact) mass is 628 g/mol. The van der Waals surface area contributed by atoms with E-state index in [0.29, 0.717) is 5.89 Å². The molecule has 0 amide bonds. The largest absolute Gasteiger partial charge is 0.456 e. The minimum Gasteiger partial charge on any atom is -0.456 e. The third-order valence-corrected chi connectivity index (χ3v) is 9.44. The standard InChI is InChI=1S/C45H28N2O2/c1-4-13-29(14-5-1)31-17-12-20-34(27-31)47(33-18-8-3-9-19-33)38-28-32-23-25-39-42(41(32)36-22-11-10-21-35(36)38)43-40(48-39)26-24-37-44(43)49-45(46-37)30-15-6-2-7-16-30/h1-28H. The molecule has 0 saturated carbocycles. The Morgan fingerprint density at radius 3 is 1.86 bits per heavy atom. The molecule has 0 bridgehead atoms. The second-order valence-electron chi connectivity index (χ2n) is 12.3. The third kappa shape index (κ3) is 4.42. The molecule has 49 heavy (non-hydrogen) atoms. The molecule has 4 heteroatoms. The second kappa shape index (κ2) is 11.0. The van der Waals surface area contributed by atoms with E-state index in [0.717, 1.165) is 77.2 Å². The Bertz CT molecular complexity index is 2820. The predicted octanol–water partition coefficient (Wildman–Crippen LogP) is 12.8. The maximum absolute atomic E-state index is 6.54. The maximum atomic E-state index is 6.54. The number of hydrogen-bond acceptors (Lipinski definition) is 4. The Morgan fingerprint density at radius 2 is 1.06 bits per heavy atom. The molecule has 2 heterocycles. The molecule has 0 N–H and O–H groups in total. The number of rotatable bonds is 5. The highest BCUT2D eigenvalue weighted by atomic mass is 16.4. The van der Waals surface area contributed by atoms with Gasteiger partial charge >= 0.3 is 0 Å². The molecule has 0 aliphatic carbocycles. The summed E-state index contributed by atoms with van der Waals surface area (Å²) in [7, 11) is 0. The van der Waals surface area contributed by atoms with Gasteiger partial charge in [0.15, 0.2) is 5.58 Å². The summed E-state index contributed by atoms with van der Waals surface area (Å²) in [6, 6.07) is 59.2. The molecule has 0 saturated heterocycles. The molecule has 0 aliphatic heterocycles. The van der Waals surface area contributed by atoms with Crippen LogP contribution < -0.4 is 4.90 Å². The molecule has 10 rings (SSSR count). The van der Waals surface area contributed by atoms with Crippen LogP contribution in [0.5, 0.6) is 0 Å². The van der Waals surface area contributed by atoms with Crippen LogP contribution in [0, 0.1) is 0 Å². The molecular weight excluding hydrogens is 601 g/mol. The summed E-state index contributed by atoms with van der Waals surface area (Å²) in [6.45, 7) is 0. The lowest BCUT2D eigenvalue weighted by Crippen LogP contribution is -2.10. The first kappa shape index (κ1) is 27.5. The first-order chi connectivity index (χ1) is 24.3. The van der Waals surface area contributed by atoms with Crippen molar-refractivity contribution >= 4 is 71.6 Å². The number of oxazole rings is 1. The van der Waals surface area contributed by atoms with Gasteiger partial charge in [0.2, 0.25) is 5.89 Å². The third-order valence-electron chi connectivity index (χ3n) is 9.44. The van der Waals surface area contributed by atoms with Crippen LogP contribution in [0.3, 0.4) is 0 Å². The topological polar surface area (TPSA) is 42.4 Å². The lowest BCUT2D eigenvalue weighted by Gasteiger charge is -2.28. The van der Waals surface area contributed by atoms with Crippen molar-refractivity contribution < 1.29 is 8.83 Å². The highest BCUT2D eigenvalue weighted by Crippen LogP contribution is 2.47. The van der Waals surface area contributed by atoms with Crippen LogP contribution in [-0.2, 0) is 0 Å². The number of fused-ring (bicyclic) bond motifs is 9. The van der Waals surface area contributed by atoms with Gasteiger partial charge in [-0.1, -0.05) is 109 Å². The molecule has 2 aromatic heterocycles. The number of furan rings is 1. The number of benzene rings is 8. The van der Waals surface area contributed by atoms with E-state index in [1.54, 1.807) is 0 Å². The van der Waals surface area contributed by atoms with Crippen LogP contribution in [0.25, 0.3) is 77.2 Å². The van der Waals surface area contributed by atoms with Gasteiger partial charge in [-0.3, -0.25) is 0 Å². The number of aromatic nitrogens is 1. The van der Waals surface area contributed by atoms with Crippen molar-refractivity contribution in [2.45, 2.75) is 0 Å². The highest BCUT2D eigenvalue weighted by molar-refractivity contribution is 6.31. The quantitative estimate of drug-likeness (QED) is 0.178. The molecule has 4 nitrogen and oxygen atoms in total. The molecule has 0 unspecified atom stereocenters. The lowest BCUT2D eigenvalue weighted by molar-refractivity contribution is 0.622. The number of anilines is 3. The van der Waals surface area contributed by atoms with Crippen molar-refractivity contribution in [2.75, 3.05) is 4.90 Å². The summed E-state index contributed by atoms with van der Waals surface area (Å²) < 4.78 is 13.0. The van der Waals surface area contributed by atoms with E-state index >= 15 is 0 Å². The average Bonchev–Trinajstić information content (AvgIpc) is 3.78. The van der Waals surface area contributed by atoms with Crippen molar-refractivity contribution in [1.82, 2.24) is 4.98 Å². The first-order valence-electron chi connectivity index (χ1n) is 16.5. The van der Waals surface area contributed by atoms with Gasteiger partial charge in [0.1, 0.15) is 16.7 Å². The summed E-state index contributed by atoms with van der Waals surface area (Å²) in [5.41, 5.74) is 9.71. The van der Waals surface area contributed by atoms with Gasteiger partial charge in [-0.25, -0.2) is 4.98 Å². The molecule has 10 aromatic rings. The Kier molecular flexibility index (Phi) is 6.15. The summed E-state index contributed by atoms with van der Waals surface area (Å²) in [5.74, 6) is 0.598. The van der Waals surface area contributed by atoms with Crippen LogP contribution in [-0.4, -0.2) is 4.98 Å². The maximum Gasteiger partial charge on any atom is 0.227 e. The molecule has 0 fully saturated rings. The zero-order valence-electron chi connectivity index (χ0n) is 26.4. The Labute approximate surface area is 282 Å². The minimum absolute atomic E-state index is 0.598. The molecule has 0 radical (unpaired) electrons. The number of para-hydroxylation sites is 1. The fraction of sp³-hybridized carbons (Fsp3) is 0. The van der Waals surface area contributed by atoms with Crippen molar-refractivity contribution in [1.29, 1.82) is 0 Å². The Morgan fingerprint density at radius 1 is 0.429 bits per heavy atom. The normalized spacial score (nSPS) is 11.7. The zero-order valence-corrected chi connectivity index (χ0v) is 26.4. The Hall–Kier alpha value is -6.65. The van der Waals surface area contributed by atoms with E-state index in [9.17, 15) is 0 Å². The first-order valence-corrected chi connectivity index (χ1v) is 16.5. The zero-order chi connectivity index (χ0) is 32.3. The van der Waals surface area contributed by atoms with Crippen molar-refractivity contribution in [2.24, 2.45) is 0 Å². The summed E-state index contributed by atoms with van der Waals surface area (Å²) in [6.07, 6.45) is 0. The smallest absolute Gasteiger partial charge is 0.227 e. The average molecular weight is 629 g/mol. The van der Waals surface area contributed by atoms with E-state index in [4.69, 9.17) is 13.8 Å². The predicted molar refractivity (Wildman–Crippen MR) is 202 cm³/mol. The van der Waals surface area contributed by atoms with E-state index in [-0.39, 0.29) is 0 Å². The van der Waals surface area contributed by atoms with Crippen molar-refractivity contribution in [3.8, 4) is 22.6 Å². The van der Waals surface area contributed by atoms with E-state index in [2.05, 4.69) is 132 Å². The molecule has 0 atom stereocenters. The molecule has 0 spiro atoms. The van der Waals surface area contributed by atoms with Gasteiger partial charge in [0, 0.05) is 33.1 Å². The SMILES string of the molecule is c1ccc(-c2cccc(N(c3ccccc3)c3cc4ccc5oc6ccc7nc(-c8ccccc8)oc7c6c5c4c4ccccc34)c2)cc1. The number of nitrogens with zero attached hydrogens (tertiary/aromatic N) is 2. The minimum atomic E-state index is 0.598. The van der Waals surface area contributed by atoms with Crippen LogP contribution in [0.2, 0.25) is 0 Å².